The molecule has 0 saturated carbocycles. The van der Waals surface area contributed by atoms with Gasteiger partial charge in [0, 0.05) is 0 Å². The maximum absolute atomic E-state index is 7.85. The van der Waals surface area contributed by atoms with E-state index in [9.17, 15) is 0 Å². The second kappa shape index (κ2) is 4.07. The molecule has 0 unspecified atom stereocenters. The molecule has 2 nitrogen and oxygen atoms in total. The lowest BCUT2D eigenvalue weighted by Gasteiger charge is -1.80. The lowest BCUT2D eigenvalue weighted by Crippen LogP contribution is -1.68. The van der Waals surface area contributed by atoms with Crippen molar-refractivity contribution in [3.8, 4) is 0 Å². The van der Waals surface area contributed by atoms with Gasteiger partial charge >= 0.3 is 0 Å². The molecule has 0 aliphatic heterocycles. The van der Waals surface area contributed by atoms with Gasteiger partial charge in [-0.1, -0.05) is 13.5 Å². The SMILES string of the molecule is C=C(C=C=[N+]=[N-])CC. The molecule has 0 heterocycles. The molecule has 0 spiro atoms. The number of nitrogens with zero attached hydrogens (tertiary/aromatic N) is 2. The summed E-state index contributed by atoms with van der Waals surface area (Å²) in [5.74, 6) is 2.25. The van der Waals surface area contributed by atoms with Gasteiger partial charge in [0.25, 0.3) is 5.87 Å². The highest BCUT2D eigenvalue weighted by atomic mass is 14.8. The summed E-state index contributed by atoms with van der Waals surface area (Å²) < 4.78 is 0. The van der Waals surface area contributed by atoms with Crippen molar-refractivity contribution in [2.24, 2.45) is 0 Å². The van der Waals surface area contributed by atoms with Crippen LogP contribution in [0.4, 0.5) is 0 Å². The first-order valence-corrected chi connectivity index (χ1v) is 2.42. The Bertz CT molecular complexity index is 157. The van der Waals surface area contributed by atoms with Crippen molar-refractivity contribution in [3.05, 3.63) is 23.8 Å². The molecule has 0 N–H and O–H groups in total. The van der Waals surface area contributed by atoms with E-state index in [0.717, 1.165) is 12.0 Å². The Kier molecular flexibility index (Phi) is 3.51. The van der Waals surface area contributed by atoms with Crippen LogP contribution in [0.1, 0.15) is 13.3 Å². The molecule has 0 saturated heterocycles. The van der Waals surface area contributed by atoms with E-state index >= 15 is 0 Å². The normalized spacial score (nSPS) is 6.62. The van der Waals surface area contributed by atoms with E-state index < -0.39 is 0 Å². The van der Waals surface area contributed by atoms with Gasteiger partial charge in [0.2, 0.25) is 0 Å². The molecule has 0 aromatic carbocycles. The van der Waals surface area contributed by atoms with Crippen LogP contribution in [0.3, 0.4) is 0 Å². The summed E-state index contributed by atoms with van der Waals surface area (Å²) in [4.78, 5) is 2.66. The monoisotopic (exact) mass is 108 g/mol. The maximum Gasteiger partial charge on any atom is 0.299 e. The van der Waals surface area contributed by atoms with E-state index in [2.05, 4.69) is 17.2 Å². The fourth-order valence-corrected chi connectivity index (χ4v) is 0.222. The van der Waals surface area contributed by atoms with Gasteiger partial charge in [0.15, 0.2) is 0 Å². The van der Waals surface area contributed by atoms with Crippen LogP contribution in [0.25, 0.3) is 5.53 Å². The predicted molar refractivity (Wildman–Crippen MR) is 32.6 cm³/mol. The summed E-state index contributed by atoms with van der Waals surface area (Å²) in [7, 11) is 0. The van der Waals surface area contributed by atoms with Gasteiger partial charge in [-0.15, -0.1) is 4.79 Å². The molecule has 0 atom stereocenters. The summed E-state index contributed by atoms with van der Waals surface area (Å²) in [6.07, 6.45) is 2.41. The topological polar surface area (TPSA) is 36.4 Å². The molecule has 0 radical (unpaired) electrons. The Hall–Kier alpha value is -1.10. The van der Waals surface area contributed by atoms with Crippen molar-refractivity contribution < 1.29 is 4.79 Å². The number of hydrogen-bond acceptors (Lipinski definition) is 0. The van der Waals surface area contributed by atoms with Crippen LogP contribution in [0.2, 0.25) is 0 Å². The van der Waals surface area contributed by atoms with Gasteiger partial charge in [0.1, 0.15) is 0 Å². The van der Waals surface area contributed by atoms with Crippen molar-refractivity contribution in [2.45, 2.75) is 13.3 Å². The van der Waals surface area contributed by atoms with Crippen LogP contribution in [0.5, 0.6) is 0 Å². The summed E-state index contributed by atoms with van der Waals surface area (Å²) in [6, 6.07) is 0. The van der Waals surface area contributed by atoms with E-state index in [0.29, 0.717) is 0 Å². The maximum atomic E-state index is 7.85. The second-order valence-electron chi connectivity index (χ2n) is 1.39. The van der Waals surface area contributed by atoms with E-state index in [-0.39, 0.29) is 0 Å². The quantitative estimate of drug-likeness (QED) is 0.222. The van der Waals surface area contributed by atoms with Crippen LogP contribution in [-0.4, -0.2) is 10.7 Å². The zero-order valence-corrected chi connectivity index (χ0v) is 4.89. The Morgan fingerprint density at radius 3 is 3.00 bits per heavy atom. The average molecular weight is 108 g/mol. The van der Waals surface area contributed by atoms with Crippen molar-refractivity contribution in [1.82, 2.24) is 0 Å². The molecule has 0 bridgehead atoms. The number of hydrogen-bond donors (Lipinski definition) is 0. The molecule has 0 aliphatic rings. The molecule has 0 rings (SSSR count). The summed E-state index contributed by atoms with van der Waals surface area (Å²) >= 11 is 0. The molecule has 0 aromatic rings. The Morgan fingerprint density at radius 2 is 2.62 bits per heavy atom. The first-order chi connectivity index (χ1) is 3.81. The fraction of sp³-hybridized carbons (Fsp3) is 0.333. The van der Waals surface area contributed by atoms with E-state index in [1.165, 1.54) is 0 Å². The highest BCUT2D eigenvalue weighted by molar-refractivity contribution is 5.51. The third-order valence-corrected chi connectivity index (χ3v) is 0.781. The minimum absolute atomic E-state index is 0.864. The molecule has 2 heteroatoms. The minimum atomic E-state index is 0.864. The molecule has 0 aliphatic carbocycles. The number of rotatable bonds is 2. The minimum Gasteiger partial charge on any atom is -0.348 e. The Labute approximate surface area is 48.8 Å². The summed E-state index contributed by atoms with van der Waals surface area (Å²) in [5.41, 5.74) is 8.76. The van der Waals surface area contributed by atoms with Crippen LogP contribution >= 0.6 is 0 Å². The van der Waals surface area contributed by atoms with Crippen molar-refractivity contribution in [1.29, 1.82) is 0 Å². The first-order valence-electron chi connectivity index (χ1n) is 2.42. The van der Waals surface area contributed by atoms with Crippen LogP contribution in [-0.2, 0) is 0 Å². The molecule has 8 heavy (non-hydrogen) atoms. The van der Waals surface area contributed by atoms with Crippen molar-refractivity contribution >= 4 is 5.87 Å². The summed E-state index contributed by atoms with van der Waals surface area (Å²) in [5, 5.41) is 0. The smallest absolute Gasteiger partial charge is 0.299 e. The molecule has 42 valence electrons. The lowest BCUT2D eigenvalue weighted by atomic mass is 10.2. The van der Waals surface area contributed by atoms with Crippen LogP contribution in [0, 0.1) is 0 Å². The van der Waals surface area contributed by atoms with Gasteiger partial charge in [-0.05, 0) is 12.0 Å². The Balaban J connectivity index is 3.90. The van der Waals surface area contributed by atoms with E-state index in [1.54, 1.807) is 6.08 Å². The van der Waals surface area contributed by atoms with Crippen LogP contribution < -0.4 is 0 Å². The third kappa shape index (κ3) is 3.10. The van der Waals surface area contributed by atoms with Gasteiger partial charge in [-0.25, -0.2) is 0 Å². The Morgan fingerprint density at radius 1 is 2.00 bits per heavy atom. The number of allylic oxidation sites excluding steroid dienone is 2. The molecule has 0 aromatic heterocycles. The van der Waals surface area contributed by atoms with Gasteiger partial charge in [-0.2, -0.15) is 0 Å². The highest BCUT2D eigenvalue weighted by Crippen LogP contribution is 1.92. The van der Waals surface area contributed by atoms with Gasteiger partial charge < -0.3 is 5.53 Å². The second-order valence-corrected chi connectivity index (χ2v) is 1.39. The molecule has 0 fully saturated rings. The standard InChI is InChI=1S/C6H8N2/c1-3-6(2)4-5-8-7/h4H,2-3H2,1H3. The average Bonchev–Trinajstić information content (AvgIpc) is 1.83. The van der Waals surface area contributed by atoms with E-state index in [4.69, 9.17) is 5.53 Å². The van der Waals surface area contributed by atoms with Crippen LogP contribution in [0.15, 0.2) is 18.2 Å². The van der Waals surface area contributed by atoms with Gasteiger partial charge in [0.05, 0.1) is 6.08 Å². The largest absolute Gasteiger partial charge is 0.348 e. The highest BCUT2D eigenvalue weighted by Gasteiger charge is 1.79. The van der Waals surface area contributed by atoms with Crippen molar-refractivity contribution in [2.75, 3.05) is 0 Å². The zero-order chi connectivity index (χ0) is 6.41. The predicted octanol–water partition coefficient (Wildman–Crippen LogP) is 1.41. The molecular weight excluding hydrogens is 100 g/mol. The molecule has 0 amide bonds. The zero-order valence-electron chi connectivity index (χ0n) is 4.89. The van der Waals surface area contributed by atoms with E-state index in [1.807, 2.05) is 6.92 Å². The fourth-order valence-electron chi connectivity index (χ4n) is 0.222. The molecular formula is C6H8N2. The third-order valence-electron chi connectivity index (χ3n) is 0.781. The lowest BCUT2D eigenvalue weighted by molar-refractivity contribution is 0.00801. The van der Waals surface area contributed by atoms with Gasteiger partial charge in [-0.3, -0.25) is 0 Å². The first kappa shape index (κ1) is 6.90. The summed E-state index contributed by atoms with van der Waals surface area (Å²) in [6.45, 7) is 5.59. The van der Waals surface area contributed by atoms with Crippen molar-refractivity contribution in [3.63, 3.8) is 0 Å².